The van der Waals surface area contributed by atoms with Gasteiger partial charge in [-0.1, -0.05) is 32.0 Å². The first-order chi connectivity index (χ1) is 9.33. The number of rotatable bonds is 6. The molecule has 0 amide bonds. The predicted octanol–water partition coefficient (Wildman–Crippen LogP) is 2.94. The molecular formula is C15H19N3O. The van der Waals surface area contributed by atoms with Crippen molar-refractivity contribution in [1.29, 1.82) is 0 Å². The summed E-state index contributed by atoms with van der Waals surface area (Å²) in [6.07, 6.45) is 4.32. The smallest absolute Gasteiger partial charge is 0.238 e. The fraction of sp³-hybridized carbons (Fsp3) is 0.333. The maximum atomic E-state index is 5.82. The van der Waals surface area contributed by atoms with Crippen molar-refractivity contribution >= 4 is 0 Å². The summed E-state index contributed by atoms with van der Waals surface area (Å²) in [6, 6.07) is 7.99. The highest BCUT2D eigenvalue weighted by molar-refractivity contribution is 5.35. The van der Waals surface area contributed by atoms with E-state index in [1.54, 1.807) is 12.4 Å². The second kappa shape index (κ2) is 6.85. The van der Waals surface area contributed by atoms with Crippen molar-refractivity contribution < 1.29 is 4.74 Å². The zero-order valence-corrected chi connectivity index (χ0v) is 11.4. The summed E-state index contributed by atoms with van der Waals surface area (Å²) in [7, 11) is 0. The summed E-state index contributed by atoms with van der Waals surface area (Å²) >= 11 is 0. The molecule has 0 aliphatic heterocycles. The highest BCUT2D eigenvalue weighted by Crippen LogP contribution is 2.23. The highest BCUT2D eigenvalue weighted by Gasteiger charge is 2.05. The van der Waals surface area contributed by atoms with Crippen LogP contribution in [-0.4, -0.2) is 16.5 Å². The molecule has 0 bridgehead atoms. The van der Waals surface area contributed by atoms with E-state index in [9.17, 15) is 0 Å². The lowest BCUT2D eigenvalue weighted by Crippen LogP contribution is -2.13. The summed E-state index contributed by atoms with van der Waals surface area (Å²) < 4.78 is 5.82. The van der Waals surface area contributed by atoms with Crippen molar-refractivity contribution in [2.45, 2.75) is 26.8 Å². The van der Waals surface area contributed by atoms with Gasteiger partial charge in [-0.25, -0.2) is 4.98 Å². The van der Waals surface area contributed by atoms with Crippen molar-refractivity contribution in [3.63, 3.8) is 0 Å². The molecule has 1 aromatic carbocycles. The molecule has 0 saturated carbocycles. The van der Waals surface area contributed by atoms with Gasteiger partial charge in [-0.2, -0.15) is 0 Å². The zero-order chi connectivity index (χ0) is 13.5. The van der Waals surface area contributed by atoms with Gasteiger partial charge in [-0.3, -0.25) is 4.98 Å². The second-order valence-electron chi connectivity index (χ2n) is 4.19. The van der Waals surface area contributed by atoms with Crippen LogP contribution in [-0.2, 0) is 13.0 Å². The largest absolute Gasteiger partial charge is 0.437 e. The standard InChI is InChI=1S/C15H19N3O/c1-3-12-7-5-6-8-14(12)19-15-11-17-10-13(18-15)9-16-4-2/h5-8,10-11,16H,3-4,9H2,1-2H3. The van der Waals surface area contributed by atoms with E-state index in [0.29, 0.717) is 12.4 Å². The Morgan fingerprint density at radius 3 is 2.79 bits per heavy atom. The molecule has 4 heteroatoms. The first-order valence-corrected chi connectivity index (χ1v) is 6.60. The molecule has 0 saturated heterocycles. The Labute approximate surface area is 113 Å². The Hall–Kier alpha value is -1.94. The van der Waals surface area contributed by atoms with Crippen molar-refractivity contribution in [2.24, 2.45) is 0 Å². The molecule has 1 N–H and O–H groups in total. The van der Waals surface area contributed by atoms with E-state index >= 15 is 0 Å². The number of nitrogens with one attached hydrogen (secondary N) is 1. The lowest BCUT2D eigenvalue weighted by Gasteiger charge is -2.09. The van der Waals surface area contributed by atoms with Gasteiger partial charge < -0.3 is 10.1 Å². The number of nitrogens with zero attached hydrogens (tertiary/aromatic N) is 2. The molecule has 2 rings (SSSR count). The lowest BCUT2D eigenvalue weighted by molar-refractivity contribution is 0.451. The van der Waals surface area contributed by atoms with Crippen LogP contribution in [0.15, 0.2) is 36.7 Å². The third kappa shape index (κ3) is 3.76. The van der Waals surface area contributed by atoms with Crippen molar-refractivity contribution in [1.82, 2.24) is 15.3 Å². The summed E-state index contributed by atoms with van der Waals surface area (Å²) in [4.78, 5) is 8.60. The molecule has 19 heavy (non-hydrogen) atoms. The van der Waals surface area contributed by atoms with E-state index in [1.807, 2.05) is 18.2 Å². The van der Waals surface area contributed by atoms with Crippen LogP contribution >= 0.6 is 0 Å². The molecule has 100 valence electrons. The van der Waals surface area contributed by atoms with Crippen LogP contribution in [0.3, 0.4) is 0 Å². The number of ether oxygens (including phenoxy) is 1. The maximum absolute atomic E-state index is 5.82. The summed E-state index contributed by atoms with van der Waals surface area (Å²) in [5, 5.41) is 3.22. The fourth-order valence-corrected chi connectivity index (χ4v) is 1.78. The predicted molar refractivity (Wildman–Crippen MR) is 75.3 cm³/mol. The average molecular weight is 257 g/mol. The molecule has 0 fully saturated rings. The van der Waals surface area contributed by atoms with Gasteiger partial charge in [0.1, 0.15) is 5.75 Å². The third-order valence-corrected chi connectivity index (χ3v) is 2.79. The number of para-hydroxylation sites is 1. The van der Waals surface area contributed by atoms with Crippen LogP contribution < -0.4 is 10.1 Å². The fourth-order valence-electron chi connectivity index (χ4n) is 1.78. The Kier molecular flexibility index (Phi) is 4.86. The van der Waals surface area contributed by atoms with E-state index < -0.39 is 0 Å². The number of hydrogen-bond acceptors (Lipinski definition) is 4. The minimum absolute atomic E-state index is 0.538. The Balaban J connectivity index is 2.14. The molecule has 0 spiro atoms. The van der Waals surface area contributed by atoms with Gasteiger partial charge in [0.05, 0.1) is 11.9 Å². The quantitative estimate of drug-likeness (QED) is 0.864. The number of hydrogen-bond donors (Lipinski definition) is 1. The Morgan fingerprint density at radius 1 is 1.16 bits per heavy atom. The van der Waals surface area contributed by atoms with Gasteiger partial charge in [-0.15, -0.1) is 0 Å². The van der Waals surface area contributed by atoms with E-state index in [1.165, 1.54) is 5.56 Å². The van der Waals surface area contributed by atoms with Gasteiger partial charge in [-0.05, 0) is 24.6 Å². The molecule has 0 aliphatic carbocycles. The van der Waals surface area contributed by atoms with Crippen LogP contribution in [0.5, 0.6) is 11.6 Å². The first-order valence-electron chi connectivity index (χ1n) is 6.60. The van der Waals surface area contributed by atoms with Crippen LogP contribution in [0.4, 0.5) is 0 Å². The van der Waals surface area contributed by atoms with Gasteiger partial charge in [0.2, 0.25) is 5.88 Å². The number of aromatic nitrogens is 2. The molecular weight excluding hydrogens is 238 g/mol. The highest BCUT2D eigenvalue weighted by atomic mass is 16.5. The van der Waals surface area contributed by atoms with E-state index in [4.69, 9.17) is 4.74 Å². The summed E-state index contributed by atoms with van der Waals surface area (Å²) in [5.74, 6) is 1.39. The monoisotopic (exact) mass is 257 g/mol. The number of benzene rings is 1. The Bertz CT molecular complexity index is 528. The SMILES string of the molecule is CCNCc1cncc(Oc2ccccc2CC)n1. The molecule has 4 nitrogen and oxygen atoms in total. The summed E-state index contributed by atoms with van der Waals surface area (Å²) in [5.41, 5.74) is 2.05. The van der Waals surface area contributed by atoms with Gasteiger partial charge in [0, 0.05) is 12.7 Å². The first kappa shape index (κ1) is 13.5. The molecule has 1 heterocycles. The molecule has 0 unspecified atom stereocenters. The zero-order valence-electron chi connectivity index (χ0n) is 11.4. The van der Waals surface area contributed by atoms with Gasteiger partial charge in [0.15, 0.2) is 0 Å². The lowest BCUT2D eigenvalue weighted by atomic mass is 10.1. The van der Waals surface area contributed by atoms with Crippen LogP contribution in [0, 0.1) is 0 Å². The van der Waals surface area contributed by atoms with Gasteiger partial charge >= 0.3 is 0 Å². The van der Waals surface area contributed by atoms with E-state index in [2.05, 4.69) is 35.2 Å². The normalized spacial score (nSPS) is 10.4. The van der Waals surface area contributed by atoms with Crippen molar-refractivity contribution in [3.8, 4) is 11.6 Å². The minimum atomic E-state index is 0.538. The van der Waals surface area contributed by atoms with Crippen LogP contribution in [0.2, 0.25) is 0 Å². The molecule has 1 aromatic heterocycles. The molecule has 0 atom stereocenters. The molecule has 0 radical (unpaired) electrons. The topological polar surface area (TPSA) is 47.0 Å². The third-order valence-electron chi connectivity index (χ3n) is 2.79. The Morgan fingerprint density at radius 2 is 2.00 bits per heavy atom. The maximum Gasteiger partial charge on any atom is 0.238 e. The van der Waals surface area contributed by atoms with Crippen LogP contribution in [0.1, 0.15) is 25.1 Å². The minimum Gasteiger partial charge on any atom is -0.437 e. The van der Waals surface area contributed by atoms with Crippen molar-refractivity contribution in [2.75, 3.05) is 6.54 Å². The van der Waals surface area contributed by atoms with Gasteiger partial charge in [0.25, 0.3) is 0 Å². The van der Waals surface area contributed by atoms with E-state index in [-0.39, 0.29) is 0 Å². The summed E-state index contributed by atoms with van der Waals surface area (Å²) in [6.45, 7) is 5.78. The number of aryl methyl sites for hydroxylation is 1. The van der Waals surface area contributed by atoms with Crippen LogP contribution in [0.25, 0.3) is 0 Å². The molecule has 2 aromatic rings. The van der Waals surface area contributed by atoms with Crippen molar-refractivity contribution in [3.05, 3.63) is 47.9 Å². The molecule has 0 aliphatic rings. The second-order valence-corrected chi connectivity index (χ2v) is 4.19. The average Bonchev–Trinajstić information content (AvgIpc) is 2.46. The van der Waals surface area contributed by atoms with E-state index in [0.717, 1.165) is 24.4 Å².